The zero-order valence-corrected chi connectivity index (χ0v) is 18.5. The van der Waals surface area contributed by atoms with Gasteiger partial charge in [-0.1, -0.05) is 23.7 Å². The summed E-state index contributed by atoms with van der Waals surface area (Å²) >= 11 is 12.2. The molecule has 1 heterocycles. The lowest BCUT2D eigenvalue weighted by Crippen LogP contribution is -2.39. The number of aliphatic imine (C=N–C) groups is 1. The van der Waals surface area contributed by atoms with E-state index in [0.29, 0.717) is 10.6 Å². The normalized spacial score (nSPS) is 18.5. The van der Waals surface area contributed by atoms with Crippen molar-refractivity contribution in [2.75, 3.05) is 25.7 Å². The second kappa shape index (κ2) is 11.1. The third kappa shape index (κ3) is 5.21. The van der Waals surface area contributed by atoms with Gasteiger partial charge in [0.2, 0.25) is 0 Å². The molecule has 0 aliphatic carbocycles. The van der Waals surface area contributed by atoms with Crippen molar-refractivity contribution < 1.29 is 28.6 Å². The van der Waals surface area contributed by atoms with Crippen LogP contribution in [0.5, 0.6) is 0 Å². The van der Waals surface area contributed by atoms with Crippen LogP contribution in [0.4, 0.5) is 0 Å². The molecule has 30 heavy (non-hydrogen) atoms. The second-order valence-corrected chi connectivity index (χ2v) is 6.91. The lowest BCUT2D eigenvalue weighted by atomic mass is 9.75. The number of carbonyl (C=O) groups is 3. The summed E-state index contributed by atoms with van der Waals surface area (Å²) in [6.07, 6.45) is 0. The van der Waals surface area contributed by atoms with Crippen LogP contribution in [0.25, 0.3) is 0 Å². The van der Waals surface area contributed by atoms with E-state index in [4.69, 9.17) is 37.4 Å². The van der Waals surface area contributed by atoms with Crippen LogP contribution < -0.4 is 0 Å². The summed E-state index contributed by atoms with van der Waals surface area (Å²) < 4.78 is 15.5. The fourth-order valence-corrected chi connectivity index (χ4v) is 3.67. The molecule has 0 fully saturated rings. The van der Waals surface area contributed by atoms with E-state index in [1.807, 2.05) is 0 Å². The van der Waals surface area contributed by atoms with Gasteiger partial charge in [-0.25, -0.2) is 14.6 Å². The van der Waals surface area contributed by atoms with Gasteiger partial charge >= 0.3 is 17.9 Å². The van der Waals surface area contributed by atoms with Gasteiger partial charge in [0.15, 0.2) is 5.70 Å². The summed E-state index contributed by atoms with van der Waals surface area (Å²) in [5.41, 5.74) is 0.375. The molecule has 0 aromatic heterocycles. The molecule has 0 radical (unpaired) electrons. The standard InChI is InChI=1S/C21H23Cl2NO6/c1-4-28-19(25)16-14(11-22)24-18(21(27)30-6-3)17(20(26)29-5-2)15(16)12-8-7-9-13(23)10-12/h7-10,15-16H,4-6,11H2,1-3H3. The highest BCUT2D eigenvalue weighted by atomic mass is 35.5. The molecule has 1 aliphatic heterocycles. The summed E-state index contributed by atoms with van der Waals surface area (Å²) in [4.78, 5) is 42.7. The lowest BCUT2D eigenvalue weighted by Gasteiger charge is -2.32. The Balaban J connectivity index is 2.81. The lowest BCUT2D eigenvalue weighted by molar-refractivity contribution is -0.147. The van der Waals surface area contributed by atoms with E-state index in [2.05, 4.69) is 4.99 Å². The maximum atomic E-state index is 12.9. The van der Waals surface area contributed by atoms with Gasteiger partial charge in [-0.15, -0.1) is 11.6 Å². The largest absolute Gasteiger partial charge is 0.465 e. The van der Waals surface area contributed by atoms with Crippen molar-refractivity contribution in [3.8, 4) is 0 Å². The number of benzene rings is 1. The zero-order valence-electron chi connectivity index (χ0n) is 16.9. The van der Waals surface area contributed by atoms with Crippen LogP contribution in [-0.2, 0) is 28.6 Å². The van der Waals surface area contributed by atoms with Gasteiger partial charge in [0.05, 0.1) is 31.3 Å². The van der Waals surface area contributed by atoms with Crippen molar-refractivity contribution in [1.82, 2.24) is 0 Å². The number of hydrogen-bond donors (Lipinski definition) is 0. The number of ether oxygens (including phenoxy) is 3. The quantitative estimate of drug-likeness (QED) is 0.337. The maximum Gasteiger partial charge on any atom is 0.357 e. The van der Waals surface area contributed by atoms with Crippen LogP contribution in [-0.4, -0.2) is 49.3 Å². The molecule has 1 aromatic carbocycles. The molecule has 2 rings (SSSR count). The average molecular weight is 456 g/mol. The van der Waals surface area contributed by atoms with E-state index >= 15 is 0 Å². The minimum Gasteiger partial charge on any atom is -0.465 e. The average Bonchev–Trinajstić information content (AvgIpc) is 2.72. The summed E-state index contributed by atoms with van der Waals surface area (Å²) in [6, 6.07) is 6.64. The van der Waals surface area contributed by atoms with Gasteiger partial charge in [-0.2, -0.15) is 0 Å². The van der Waals surface area contributed by atoms with Crippen LogP contribution in [0, 0.1) is 5.92 Å². The number of rotatable bonds is 8. The van der Waals surface area contributed by atoms with Crippen molar-refractivity contribution in [3.05, 3.63) is 46.1 Å². The van der Waals surface area contributed by atoms with Gasteiger partial charge in [-0.3, -0.25) is 4.79 Å². The van der Waals surface area contributed by atoms with Crippen LogP contribution in [0.2, 0.25) is 5.02 Å². The van der Waals surface area contributed by atoms with Gasteiger partial charge in [0.1, 0.15) is 5.92 Å². The van der Waals surface area contributed by atoms with Crippen molar-refractivity contribution in [1.29, 1.82) is 0 Å². The van der Waals surface area contributed by atoms with Gasteiger partial charge in [0.25, 0.3) is 0 Å². The summed E-state index contributed by atoms with van der Waals surface area (Å²) in [6.45, 7) is 5.20. The van der Waals surface area contributed by atoms with Crippen LogP contribution in [0.15, 0.2) is 40.5 Å². The van der Waals surface area contributed by atoms with E-state index in [9.17, 15) is 14.4 Å². The molecule has 1 aliphatic rings. The smallest absolute Gasteiger partial charge is 0.357 e. The minimum atomic E-state index is -1.03. The van der Waals surface area contributed by atoms with Crippen molar-refractivity contribution in [2.45, 2.75) is 26.7 Å². The Morgan fingerprint density at radius 2 is 1.63 bits per heavy atom. The highest BCUT2D eigenvalue weighted by molar-refractivity contribution is 6.32. The Morgan fingerprint density at radius 3 is 2.20 bits per heavy atom. The number of halogens is 2. The van der Waals surface area contributed by atoms with Crippen molar-refractivity contribution in [2.24, 2.45) is 10.9 Å². The first-order chi connectivity index (χ1) is 14.4. The van der Waals surface area contributed by atoms with Gasteiger partial charge < -0.3 is 14.2 Å². The number of nitrogens with zero attached hydrogens (tertiary/aromatic N) is 1. The second-order valence-electron chi connectivity index (χ2n) is 6.20. The first-order valence-electron chi connectivity index (χ1n) is 9.53. The summed E-state index contributed by atoms with van der Waals surface area (Å²) in [7, 11) is 0. The number of alkyl halides is 1. The summed E-state index contributed by atoms with van der Waals surface area (Å²) in [5, 5.41) is 0.394. The highest BCUT2D eigenvalue weighted by Crippen LogP contribution is 2.41. The third-order valence-electron chi connectivity index (χ3n) is 4.36. The fourth-order valence-electron chi connectivity index (χ4n) is 3.24. The molecule has 0 bridgehead atoms. The SMILES string of the molecule is CCOC(=O)C1=C(C(=O)OCC)C(c2cccc(Cl)c2)C(C(=O)OCC)C(CCl)=N1. The van der Waals surface area contributed by atoms with E-state index < -0.39 is 29.7 Å². The number of carbonyl (C=O) groups excluding carboxylic acids is 3. The molecular formula is C21H23Cl2NO6. The monoisotopic (exact) mass is 455 g/mol. The maximum absolute atomic E-state index is 12.9. The van der Waals surface area contributed by atoms with Crippen LogP contribution in [0.1, 0.15) is 32.3 Å². The Labute approximate surface area is 185 Å². The zero-order chi connectivity index (χ0) is 22.3. The molecule has 7 nitrogen and oxygen atoms in total. The molecule has 0 amide bonds. The molecular weight excluding hydrogens is 433 g/mol. The van der Waals surface area contributed by atoms with Crippen LogP contribution in [0.3, 0.4) is 0 Å². The number of esters is 3. The molecule has 9 heteroatoms. The Hall–Kier alpha value is -2.38. The minimum absolute atomic E-state index is 0.0663. The molecule has 2 unspecified atom stereocenters. The summed E-state index contributed by atoms with van der Waals surface area (Å²) in [5.74, 6) is -4.33. The molecule has 0 spiro atoms. The van der Waals surface area contributed by atoms with Crippen molar-refractivity contribution >= 4 is 46.8 Å². The molecule has 0 N–H and O–H groups in total. The Bertz CT molecular complexity index is 880. The van der Waals surface area contributed by atoms with E-state index in [1.165, 1.54) is 0 Å². The fraction of sp³-hybridized carbons (Fsp3) is 0.429. The van der Waals surface area contributed by atoms with Crippen molar-refractivity contribution in [3.63, 3.8) is 0 Å². The topological polar surface area (TPSA) is 91.3 Å². The molecule has 0 saturated heterocycles. The third-order valence-corrected chi connectivity index (χ3v) is 4.87. The van der Waals surface area contributed by atoms with E-state index in [-0.39, 0.29) is 42.7 Å². The first kappa shape index (κ1) is 23.9. The molecule has 0 saturated carbocycles. The van der Waals surface area contributed by atoms with Crippen LogP contribution >= 0.6 is 23.2 Å². The predicted molar refractivity (Wildman–Crippen MR) is 113 cm³/mol. The highest BCUT2D eigenvalue weighted by Gasteiger charge is 2.46. The molecule has 2 atom stereocenters. The predicted octanol–water partition coefficient (Wildman–Crippen LogP) is 3.68. The van der Waals surface area contributed by atoms with E-state index in [0.717, 1.165) is 0 Å². The van der Waals surface area contributed by atoms with Gasteiger partial charge in [0, 0.05) is 16.7 Å². The molecule has 162 valence electrons. The van der Waals surface area contributed by atoms with E-state index in [1.54, 1.807) is 45.0 Å². The first-order valence-corrected chi connectivity index (χ1v) is 10.4. The molecule has 1 aromatic rings. The van der Waals surface area contributed by atoms with Gasteiger partial charge in [-0.05, 0) is 38.5 Å². The Kier molecular flexibility index (Phi) is 8.87. The number of hydrogen-bond acceptors (Lipinski definition) is 7. The Morgan fingerprint density at radius 1 is 1.00 bits per heavy atom.